The van der Waals surface area contributed by atoms with E-state index in [2.05, 4.69) is 101 Å². The fraction of sp³-hybridized carbons (Fsp3) is 0.619. The van der Waals surface area contributed by atoms with Crippen molar-refractivity contribution in [1.82, 2.24) is 0 Å². The minimum atomic E-state index is -2.68. The number of hydrogen-bond acceptors (Lipinski definition) is 5. The van der Waals surface area contributed by atoms with Crippen LogP contribution in [0.1, 0.15) is 123 Å². The topological polar surface area (TPSA) is 72.8 Å². The molecule has 0 bridgehead atoms. The van der Waals surface area contributed by atoms with Gasteiger partial charge in [-0.3, -0.25) is 9.59 Å². The van der Waals surface area contributed by atoms with Crippen LogP contribution in [0.5, 0.6) is 0 Å². The maximum atomic E-state index is 13.8. The number of ether oxygens (including phenoxy) is 1. The zero-order valence-corrected chi connectivity index (χ0v) is 32.1. The van der Waals surface area contributed by atoms with Gasteiger partial charge in [0.15, 0.2) is 0 Å². The molecule has 48 heavy (non-hydrogen) atoms. The zero-order valence-electron chi connectivity index (χ0n) is 31.1. The third-order valence-corrected chi connectivity index (χ3v) is 15.9. The van der Waals surface area contributed by atoms with E-state index in [0.717, 1.165) is 70.3 Å². The van der Waals surface area contributed by atoms with Gasteiger partial charge in [-0.05, 0) is 72.8 Å². The summed E-state index contributed by atoms with van der Waals surface area (Å²) in [5, 5.41) is 12.2. The maximum absolute atomic E-state index is 13.8. The van der Waals surface area contributed by atoms with Crippen LogP contribution in [0.3, 0.4) is 0 Å². The van der Waals surface area contributed by atoms with Crippen LogP contribution in [0.15, 0.2) is 66.7 Å². The number of aryl methyl sites for hydroxylation is 2. The van der Waals surface area contributed by atoms with Crippen molar-refractivity contribution in [2.75, 3.05) is 7.11 Å². The van der Waals surface area contributed by atoms with Crippen LogP contribution in [0.4, 0.5) is 0 Å². The van der Waals surface area contributed by atoms with Gasteiger partial charge >= 0.3 is 5.97 Å². The molecular formula is C42H64O5Si. The Balaban J connectivity index is 1.91. The van der Waals surface area contributed by atoms with E-state index in [-0.39, 0.29) is 28.9 Å². The maximum Gasteiger partial charge on any atom is 0.305 e. The zero-order chi connectivity index (χ0) is 35.2. The molecule has 3 rings (SSSR count). The Bertz CT molecular complexity index is 1280. The van der Waals surface area contributed by atoms with Crippen molar-refractivity contribution < 1.29 is 23.9 Å². The van der Waals surface area contributed by atoms with E-state index in [9.17, 15) is 14.7 Å². The Hall–Kier alpha value is -2.54. The Labute approximate surface area is 293 Å². The van der Waals surface area contributed by atoms with Gasteiger partial charge in [0.2, 0.25) is 8.32 Å². The lowest BCUT2D eigenvalue weighted by atomic mass is 9.87. The standard InChI is InChI=1S/C42H64O5Si/c1-8-10-29-42(6,45)30-18-22-37-36(21-16-11-12-17-23-40(44)46-7)38(43)32-39(37)47-48(41(3,4)5,35-19-14-13-15-20-35)31-28-34-26-24-33(9-2)25-27-34/h13-15,18-20,22,24-27,36-37,39,45H,8-12,16-17,21,23,28-32H2,1-7H3/b22-18+/t36-,37-,39?,42?,48?/m1/s1. The monoisotopic (exact) mass is 676 g/mol. The molecule has 0 aliphatic heterocycles. The molecule has 6 heteroatoms. The van der Waals surface area contributed by atoms with Crippen molar-refractivity contribution >= 4 is 25.3 Å². The minimum Gasteiger partial charge on any atom is -0.469 e. The fourth-order valence-corrected chi connectivity index (χ4v) is 12.0. The number of esters is 1. The molecule has 266 valence electrons. The molecular weight excluding hydrogens is 613 g/mol. The third kappa shape index (κ3) is 11.5. The third-order valence-electron chi connectivity index (χ3n) is 10.6. The summed E-state index contributed by atoms with van der Waals surface area (Å²) in [4.78, 5) is 25.4. The quantitative estimate of drug-likeness (QED) is 0.0655. The molecule has 2 aromatic rings. The molecule has 0 amide bonds. The lowest BCUT2D eigenvalue weighted by Crippen LogP contribution is -2.60. The molecule has 1 N–H and O–H groups in total. The highest BCUT2D eigenvalue weighted by Gasteiger charge is 2.52. The predicted molar refractivity (Wildman–Crippen MR) is 201 cm³/mol. The molecule has 1 saturated carbocycles. The van der Waals surface area contributed by atoms with E-state index in [1.807, 2.05) is 6.92 Å². The number of Topliss-reactive ketones (excluding diaryl/α,β-unsaturated/α-hetero) is 1. The Morgan fingerprint density at radius 1 is 0.938 bits per heavy atom. The van der Waals surface area contributed by atoms with Crippen molar-refractivity contribution in [3.63, 3.8) is 0 Å². The van der Waals surface area contributed by atoms with E-state index in [1.165, 1.54) is 23.4 Å². The van der Waals surface area contributed by atoms with Crippen LogP contribution in [0.2, 0.25) is 11.1 Å². The number of carbonyl (C=O) groups excluding carboxylic acids is 2. The SMILES string of the molecule is CCCCC(C)(O)C/C=C/[C@H]1C(O[Si](CCc2ccc(CC)cc2)(c2ccccc2)C(C)(C)C)CC(=O)[C@@H]1CCCCCCC(=O)OC. The smallest absolute Gasteiger partial charge is 0.305 e. The van der Waals surface area contributed by atoms with Crippen LogP contribution in [0.25, 0.3) is 0 Å². The first-order valence-electron chi connectivity index (χ1n) is 18.7. The van der Waals surface area contributed by atoms with E-state index < -0.39 is 13.9 Å². The van der Waals surface area contributed by atoms with Gasteiger partial charge in [0.1, 0.15) is 5.78 Å². The van der Waals surface area contributed by atoms with Crippen molar-refractivity contribution in [2.45, 2.75) is 148 Å². The summed E-state index contributed by atoms with van der Waals surface area (Å²) in [6.45, 7) is 13.2. The van der Waals surface area contributed by atoms with Crippen LogP contribution in [0, 0.1) is 11.8 Å². The van der Waals surface area contributed by atoms with Gasteiger partial charge in [-0.25, -0.2) is 0 Å². The normalized spacial score (nSPS) is 20.9. The summed E-state index contributed by atoms with van der Waals surface area (Å²) >= 11 is 0. The Morgan fingerprint density at radius 3 is 2.23 bits per heavy atom. The predicted octanol–water partition coefficient (Wildman–Crippen LogP) is 9.44. The largest absolute Gasteiger partial charge is 0.469 e. The number of ketones is 1. The minimum absolute atomic E-state index is 0.0312. The number of aliphatic hydroxyl groups is 1. The number of rotatable bonds is 20. The molecule has 1 aliphatic rings. The lowest BCUT2D eigenvalue weighted by molar-refractivity contribution is -0.140. The highest BCUT2D eigenvalue weighted by molar-refractivity contribution is 6.89. The molecule has 0 spiro atoms. The van der Waals surface area contributed by atoms with Gasteiger partial charge in [-0.2, -0.15) is 0 Å². The average Bonchev–Trinajstić information content (AvgIpc) is 3.36. The second-order valence-electron chi connectivity index (χ2n) is 15.4. The highest BCUT2D eigenvalue weighted by atomic mass is 28.4. The molecule has 0 heterocycles. The lowest BCUT2D eigenvalue weighted by Gasteiger charge is -2.45. The van der Waals surface area contributed by atoms with Gasteiger partial charge in [-0.15, -0.1) is 0 Å². The molecule has 0 aromatic heterocycles. The summed E-state index contributed by atoms with van der Waals surface area (Å²) < 4.78 is 12.4. The van der Waals surface area contributed by atoms with E-state index in [1.54, 1.807) is 0 Å². The summed E-state index contributed by atoms with van der Waals surface area (Å²) in [5.74, 6) is -0.00125. The van der Waals surface area contributed by atoms with Crippen LogP contribution < -0.4 is 5.19 Å². The van der Waals surface area contributed by atoms with Crippen molar-refractivity contribution in [3.8, 4) is 0 Å². The summed E-state index contributed by atoms with van der Waals surface area (Å²) in [6.07, 6.45) is 14.8. The van der Waals surface area contributed by atoms with Gasteiger partial charge in [-0.1, -0.05) is 133 Å². The van der Waals surface area contributed by atoms with Crippen molar-refractivity contribution in [3.05, 3.63) is 77.9 Å². The Morgan fingerprint density at radius 2 is 1.60 bits per heavy atom. The number of methoxy groups -OCH3 is 1. The summed E-state index contributed by atoms with van der Waals surface area (Å²) in [5.41, 5.74) is 1.91. The molecule has 2 aromatic carbocycles. The second-order valence-corrected chi connectivity index (χ2v) is 19.9. The van der Waals surface area contributed by atoms with Gasteiger partial charge in [0.25, 0.3) is 0 Å². The van der Waals surface area contributed by atoms with E-state index >= 15 is 0 Å². The molecule has 5 nitrogen and oxygen atoms in total. The van der Waals surface area contributed by atoms with Crippen LogP contribution in [-0.4, -0.2) is 44.0 Å². The van der Waals surface area contributed by atoms with Gasteiger partial charge in [0, 0.05) is 24.7 Å². The molecule has 0 saturated heterocycles. The number of hydrogen-bond donors (Lipinski definition) is 1. The van der Waals surface area contributed by atoms with E-state index in [0.29, 0.717) is 25.0 Å². The van der Waals surface area contributed by atoms with Crippen molar-refractivity contribution in [1.29, 1.82) is 0 Å². The fourth-order valence-electron chi connectivity index (χ4n) is 7.40. The second kappa shape index (κ2) is 19.0. The number of unbranched alkanes of at least 4 members (excludes halogenated alkanes) is 4. The first-order valence-corrected chi connectivity index (χ1v) is 20.8. The molecule has 5 atom stereocenters. The Kier molecular flexibility index (Phi) is 15.8. The van der Waals surface area contributed by atoms with Crippen LogP contribution in [-0.2, 0) is 31.6 Å². The molecule has 0 radical (unpaired) electrons. The van der Waals surface area contributed by atoms with Gasteiger partial charge < -0.3 is 14.3 Å². The summed E-state index contributed by atoms with van der Waals surface area (Å²) in [7, 11) is -1.25. The molecule has 3 unspecified atom stereocenters. The van der Waals surface area contributed by atoms with Gasteiger partial charge in [0.05, 0.1) is 18.8 Å². The first kappa shape index (κ1) is 39.9. The average molecular weight is 677 g/mol. The van der Waals surface area contributed by atoms with Crippen molar-refractivity contribution in [2.24, 2.45) is 11.8 Å². The van der Waals surface area contributed by atoms with E-state index in [4.69, 9.17) is 9.16 Å². The number of carbonyl (C=O) groups is 2. The highest BCUT2D eigenvalue weighted by Crippen LogP contribution is 2.45. The number of benzene rings is 2. The molecule has 1 aliphatic carbocycles. The summed E-state index contributed by atoms with van der Waals surface area (Å²) in [6, 6.07) is 20.8. The first-order chi connectivity index (χ1) is 22.9. The molecule has 1 fully saturated rings. The van der Waals surface area contributed by atoms with Crippen LogP contribution >= 0.6 is 0 Å².